The molecule has 0 radical (unpaired) electrons. The van der Waals surface area contributed by atoms with Crippen LogP contribution in [-0.4, -0.2) is 48.3 Å². The van der Waals surface area contributed by atoms with Gasteiger partial charge in [-0.3, -0.25) is 4.90 Å². The van der Waals surface area contributed by atoms with Crippen molar-refractivity contribution in [3.05, 3.63) is 0 Å². The van der Waals surface area contributed by atoms with Crippen molar-refractivity contribution in [3.8, 4) is 0 Å². The van der Waals surface area contributed by atoms with Gasteiger partial charge in [0.25, 0.3) is 0 Å². The number of hydrogen-bond donors (Lipinski definition) is 0. The Morgan fingerprint density at radius 3 is 2.13 bits per heavy atom. The molecule has 0 amide bonds. The normalized spacial score (nSPS) is 26.4. The van der Waals surface area contributed by atoms with Crippen LogP contribution >= 0.6 is 0 Å². The van der Waals surface area contributed by atoms with Crippen molar-refractivity contribution in [2.75, 3.05) is 32.8 Å². The first-order chi connectivity index (χ1) is 7.07. The van der Waals surface area contributed by atoms with E-state index < -0.39 is 0 Å². The van der Waals surface area contributed by atoms with Gasteiger partial charge in [0, 0.05) is 6.54 Å². The van der Waals surface area contributed by atoms with E-state index in [2.05, 4.69) is 39.5 Å². The Hall–Kier alpha value is -0.0800. The predicted octanol–water partition coefficient (Wildman–Crippen LogP) is 2.55. The van der Waals surface area contributed by atoms with Gasteiger partial charge in [-0.25, -0.2) is 0 Å². The molecule has 0 N–H and O–H groups in total. The second-order valence-corrected chi connectivity index (χ2v) is 5.48. The molecule has 0 bridgehead atoms. The van der Waals surface area contributed by atoms with Gasteiger partial charge in [-0.05, 0) is 26.2 Å². The fourth-order valence-corrected chi connectivity index (χ4v) is 3.15. The van der Waals surface area contributed by atoms with Crippen LogP contribution in [0.25, 0.3) is 0 Å². The zero-order valence-electron chi connectivity index (χ0n) is 11.3. The van der Waals surface area contributed by atoms with Crippen molar-refractivity contribution in [1.82, 2.24) is 4.90 Å². The highest BCUT2D eigenvalue weighted by molar-refractivity contribution is 4.72. The summed E-state index contributed by atoms with van der Waals surface area (Å²) in [6, 6.07) is 0.874. The summed E-state index contributed by atoms with van der Waals surface area (Å²) in [5.74, 6) is 0.802. The lowest BCUT2D eigenvalue weighted by atomic mass is 10.1. The number of nitrogens with zero attached hydrogens (tertiary/aromatic N) is 2. The van der Waals surface area contributed by atoms with E-state index in [9.17, 15) is 0 Å². The molecule has 1 fully saturated rings. The molecule has 1 rings (SSSR count). The zero-order chi connectivity index (χ0) is 11.5. The highest BCUT2D eigenvalue weighted by atomic mass is 15.5. The summed E-state index contributed by atoms with van der Waals surface area (Å²) in [5, 5.41) is 0. The Morgan fingerprint density at radius 2 is 1.80 bits per heavy atom. The van der Waals surface area contributed by atoms with Crippen LogP contribution in [0.5, 0.6) is 0 Å². The first-order valence-corrected chi connectivity index (χ1v) is 6.66. The van der Waals surface area contributed by atoms with Gasteiger partial charge in [-0.15, -0.1) is 0 Å². The smallest absolute Gasteiger partial charge is 0.135 e. The van der Waals surface area contributed by atoms with Crippen LogP contribution in [0.3, 0.4) is 0 Å². The molecule has 0 aromatic heterocycles. The Labute approximate surface area is 95.8 Å². The number of hydrogen-bond acceptors (Lipinski definition) is 1. The molecule has 15 heavy (non-hydrogen) atoms. The minimum atomic E-state index is 0.802. The molecule has 0 aliphatic carbocycles. The SMILES string of the molecule is CCC1CN(CC(C)C)C[N+]1(CC)CC. The van der Waals surface area contributed by atoms with Crippen LogP contribution in [0.2, 0.25) is 0 Å². The number of likely N-dealkylation sites (N-methyl/N-ethyl adjacent to an activating group) is 1. The van der Waals surface area contributed by atoms with Gasteiger partial charge in [-0.2, -0.15) is 0 Å². The van der Waals surface area contributed by atoms with E-state index in [0.717, 1.165) is 12.0 Å². The van der Waals surface area contributed by atoms with Crippen LogP contribution < -0.4 is 0 Å². The average molecular weight is 213 g/mol. The van der Waals surface area contributed by atoms with Gasteiger partial charge in [0.1, 0.15) is 12.7 Å². The van der Waals surface area contributed by atoms with E-state index in [0.29, 0.717) is 0 Å². The third kappa shape index (κ3) is 2.73. The lowest BCUT2D eigenvalue weighted by molar-refractivity contribution is -0.939. The molecular formula is C13H29N2+. The van der Waals surface area contributed by atoms with Crippen LogP contribution in [0.1, 0.15) is 41.0 Å². The standard InChI is InChI=1S/C13H29N2/c1-6-13-10-14(9-12(4)5)11-15(13,7-2)8-3/h12-13H,6-11H2,1-5H3/q+1. The fourth-order valence-electron chi connectivity index (χ4n) is 3.15. The number of quaternary nitrogens is 1. The lowest BCUT2D eigenvalue weighted by Gasteiger charge is -2.37. The van der Waals surface area contributed by atoms with Gasteiger partial charge >= 0.3 is 0 Å². The highest BCUT2D eigenvalue weighted by Crippen LogP contribution is 2.25. The Morgan fingerprint density at radius 1 is 1.20 bits per heavy atom. The van der Waals surface area contributed by atoms with E-state index in [1.807, 2.05) is 0 Å². The first kappa shape index (κ1) is 13.0. The van der Waals surface area contributed by atoms with Crippen molar-refractivity contribution < 1.29 is 4.48 Å². The third-order valence-electron chi connectivity index (χ3n) is 4.08. The van der Waals surface area contributed by atoms with Crippen molar-refractivity contribution in [2.24, 2.45) is 5.92 Å². The molecule has 0 aromatic rings. The minimum Gasteiger partial charge on any atom is -0.308 e. The molecule has 0 saturated carbocycles. The van der Waals surface area contributed by atoms with Gasteiger partial charge in [0.2, 0.25) is 0 Å². The maximum Gasteiger partial charge on any atom is 0.135 e. The molecule has 2 heteroatoms. The van der Waals surface area contributed by atoms with Crippen LogP contribution in [-0.2, 0) is 0 Å². The summed E-state index contributed by atoms with van der Waals surface area (Å²) in [6.45, 7) is 18.2. The largest absolute Gasteiger partial charge is 0.308 e. The summed E-state index contributed by atoms with van der Waals surface area (Å²) < 4.78 is 1.32. The summed E-state index contributed by atoms with van der Waals surface area (Å²) in [4.78, 5) is 2.67. The minimum absolute atomic E-state index is 0.802. The molecule has 1 aliphatic rings. The molecule has 2 nitrogen and oxygen atoms in total. The maximum atomic E-state index is 2.67. The van der Waals surface area contributed by atoms with Crippen molar-refractivity contribution in [2.45, 2.75) is 47.1 Å². The Bertz CT molecular complexity index is 185. The molecule has 90 valence electrons. The van der Waals surface area contributed by atoms with Crippen molar-refractivity contribution in [1.29, 1.82) is 0 Å². The molecule has 1 aliphatic heterocycles. The quantitative estimate of drug-likeness (QED) is 0.634. The summed E-state index contributed by atoms with van der Waals surface area (Å²) >= 11 is 0. The van der Waals surface area contributed by atoms with Crippen LogP contribution in [0.4, 0.5) is 0 Å². The predicted molar refractivity (Wildman–Crippen MR) is 66.7 cm³/mol. The average Bonchev–Trinajstić information content (AvgIpc) is 2.55. The first-order valence-electron chi connectivity index (χ1n) is 6.66. The molecule has 0 spiro atoms. The zero-order valence-corrected chi connectivity index (χ0v) is 11.3. The molecule has 1 saturated heterocycles. The van der Waals surface area contributed by atoms with Crippen LogP contribution in [0.15, 0.2) is 0 Å². The van der Waals surface area contributed by atoms with Gasteiger partial charge in [0.05, 0.1) is 19.6 Å². The third-order valence-corrected chi connectivity index (χ3v) is 4.08. The molecule has 1 heterocycles. The molecule has 0 aromatic carbocycles. The molecular weight excluding hydrogens is 184 g/mol. The summed E-state index contributed by atoms with van der Waals surface area (Å²) in [5.41, 5.74) is 0. The van der Waals surface area contributed by atoms with E-state index in [1.165, 1.54) is 43.8 Å². The van der Waals surface area contributed by atoms with Crippen molar-refractivity contribution >= 4 is 0 Å². The Balaban J connectivity index is 2.65. The fraction of sp³-hybridized carbons (Fsp3) is 1.00. The maximum absolute atomic E-state index is 2.67. The topological polar surface area (TPSA) is 3.24 Å². The van der Waals surface area contributed by atoms with E-state index in [-0.39, 0.29) is 0 Å². The lowest BCUT2D eigenvalue weighted by Crippen LogP contribution is -2.52. The second kappa shape index (κ2) is 5.31. The monoisotopic (exact) mass is 213 g/mol. The summed E-state index contributed by atoms with van der Waals surface area (Å²) in [6.07, 6.45) is 1.33. The van der Waals surface area contributed by atoms with E-state index >= 15 is 0 Å². The van der Waals surface area contributed by atoms with Gasteiger partial charge in [-0.1, -0.05) is 20.8 Å². The molecule has 1 atom stereocenters. The summed E-state index contributed by atoms with van der Waals surface area (Å²) in [7, 11) is 0. The van der Waals surface area contributed by atoms with E-state index in [4.69, 9.17) is 0 Å². The molecule has 1 unspecified atom stereocenters. The van der Waals surface area contributed by atoms with Gasteiger partial charge < -0.3 is 4.48 Å². The number of rotatable bonds is 5. The van der Waals surface area contributed by atoms with E-state index in [1.54, 1.807) is 0 Å². The Kier molecular flexibility index (Phi) is 4.60. The highest BCUT2D eigenvalue weighted by Gasteiger charge is 2.41. The second-order valence-electron chi connectivity index (χ2n) is 5.48. The van der Waals surface area contributed by atoms with Crippen molar-refractivity contribution in [3.63, 3.8) is 0 Å². The van der Waals surface area contributed by atoms with Gasteiger partial charge in [0.15, 0.2) is 0 Å². The van der Waals surface area contributed by atoms with Crippen LogP contribution in [0, 0.1) is 5.92 Å².